The highest BCUT2D eigenvalue weighted by Crippen LogP contribution is 2.30. The molecule has 35 heavy (non-hydrogen) atoms. The van der Waals surface area contributed by atoms with Gasteiger partial charge in [0, 0.05) is 24.9 Å². The maximum Gasteiger partial charge on any atom is 0.248 e. The highest BCUT2D eigenvalue weighted by molar-refractivity contribution is 7.89. The molecule has 1 saturated heterocycles. The van der Waals surface area contributed by atoms with Crippen molar-refractivity contribution in [3.8, 4) is 5.75 Å². The number of benzene rings is 3. The molecule has 0 bridgehead atoms. The van der Waals surface area contributed by atoms with E-state index in [4.69, 9.17) is 4.74 Å². The van der Waals surface area contributed by atoms with Crippen LogP contribution in [-0.4, -0.2) is 38.8 Å². The fraction of sp³-hybridized carbons (Fsp3) is 0.250. The Morgan fingerprint density at radius 2 is 1.69 bits per heavy atom. The van der Waals surface area contributed by atoms with Crippen LogP contribution in [0.1, 0.15) is 36.0 Å². The number of carbonyl (C=O) groups is 1. The number of hydrogen-bond acceptors (Lipinski definition) is 4. The number of sulfonamides is 1. The van der Waals surface area contributed by atoms with E-state index in [1.807, 2.05) is 42.5 Å². The zero-order valence-electron chi connectivity index (χ0n) is 19.8. The average Bonchev–Trinajstić information content (AvgIpc) is 2.89. The van der Waals surface area contributed by atoms with Crippen LogP contribution in [0.2, 0.25) is 0 Å². The molecule has 0 atom stereocenters. The Labute approximate surface area is 207 Å². The number of amides is 1. The van der Waals surface area contributed by atoms with Crippen molar-refractivity contribution < 1.29 is 17.9 Å². The minimum atomic E-state index is -3.68. The van der Waals surface area contributed by atoms with Gasteiger partial charge in [0.05, 0.1) is 7.11 Å². The molecule has 3 aromatic carbocycles. The topological polar surface area (TPSA) is 75.7 Å². The maximum absolute atomic E-state index is 13.2. The van der Waals surface area contributed by atoms with Gasteiger partial charge in [0.15, 0.2) is 0 Å². The molecule has 1 fully saturated rings. The molecule has 0 saturated carbocycles. The van der Waals surface area contributed by atoms with Crippen LogP contribution in [0.4, 0.5) is 5.69 Å². The largest absolute Gasteiger partial charge is 0.495 e. The van der Waals surface area contributed by atoms with Crippen molar-refractivity contribution in [3.05, 3.63) is 95.6 Å². The second-order valence-electron chi connectivity index (χ2n) is 8.52. The smallest absolute Gasteiger partial charge is 0.248 e. The van der Waals surface area contributed by atoms with Crippen LogP contribution < -0.4 is 10.1 Å². The molecular weight excluding hydrogens is 460 g/mol. The second kappa shape index (κ2) is 11.3. The van der Waals surface area contributed by atoms with Gasteiger partial charge in [-0.2, -0.15) is 4.31 Å². The average molecular weight is 491 g/mol. The molecule has 0 aromatic heterocycles. The predicted molar refractivity (Wildman–Crippen MR) is 139 cm³/mol. The Bertz CT molecular complexity index is 1300. The lowest BCUT2D eigenvalue weighted by Crippen LogP contribution is -2.35. The van der Waals surface area contributed by atoms with Gasteiger partial charge in [-0.05, 0) is 60.2 Å². The van der Waals surface area contributed by atoms with Gasteiger partial charge in [-0.25, -0.2) is 8.42 Å². The first-order chi connectivity index (χ1) is 17.0. The molecule has 1 N–H and O–H groups in total. The van der Waals surface area contributed by atoms with Crippen LogP contribution in [0.25, 0.3) is 6.08 Å². The van der Waals surface area contributed by atoms with Crippen LogP contribution in [0.15, 0.2) is 83.8 Å². The summed E-state index contributed by atoms with van der Waals surface area (Å²) >= 11 is 0. The molecular formula is C28H30N2O4S. The highest BCUT2D eigenvalue weighted by Gasteiger charge is 2.29. The first-order valence-electron chi connectivity index (χ1n) is 11.8. The van der Waals surface area contributed by atoms with E-state index in [2.05, 4.69) is 17.4 Å². The van der Waals surface area contributed by atoms with E-state index >= 15 is 0 Å². The third-order valence-electron chi connectivity index (χ3n) is 6.06. The lowest BCUT2D eigenvalue weighted by molar-refractivity contribution is -0.111. The summed E-state index contributed by atoms with van der Waals surface area (Å²) in [5, 5.41) is 2.94. The molecule has 6 nitrogen and oxygen atoms in total. The van der Waals surface area contributed by atoms with Gasteiger partial charge in [-0.1, -0.05) is 61.0 Å². The van der Waals surface area contributed by atoms with Crippen LogP contribution in [0.3, 0.4) is 0 Å². The van der Waals surface area contributed by atoms with E-state index in [0.29, 0.717) is 30.8 Å². The third kappa shape index (κ3) is 6.18. The molecule has 7 heteroatoms. The second-order valence-corrected chi connectivity index (χ2v) is 10.4. The lowest BCUT2D eigenvalue weighted by atomic mass is 10.0. The van der Waals surface area contributed by atoms with E-state index in [1.165, 1.54) is 17.5 Å². The summed E-state index contributed by atoms with van der Waals surface area (Å²) in [6, 6.07) is 22.7. The molecule has 0 radical (unpaired) electrons. The van der Waals surface area contributed by atoms with E-state index in [9.17, 15) is 13.2 Å². The molecule has 0 spiro atoms. The highest BCUT2D eigenvalue weighted by atomic mass is 32.2. The van der Waals surface area contributed by atoms with Gasteiger partial charge in [0.2, 0.25) is 15.9 Å². The molecule has 3 aromatic rings. The number of anilines is 1. The Morgan fingerprint density at radius 3 is 2.43 bits per heavy atom. The molecule has 0 aliphatic carbocycles. The van der Waals surface area contributed by atoms with Gasteiger partial charge in [-0.3, -0.25) is 4.79 Å². The number of nitrogens with one attached hydrogen (secondary N) is 1. The summed E-state index contributed by atoms with van der Waals surface area (Å²) in [6.07, 6.45) is 6.48. The minimum Gasteiger partial charge on any atom is -0.495 e. The molecule has 1 aliphatic rings. The van der Waals surface area contributed by atoms with Gasteiger partial charge >= 0.3 is 0 Å². The van der Waals surface area contributed by atoms with Crippen LogP contribution >= 0.6 is 0 Å². The van der Waals surface area contributed by atoms with Crippen LogP contribution in [0.5, 0.6) is 5.75 Å². The van der Waals surface area contributed by atoms with Crippen molar-refractivity contribution in [1.29, 1.82) is 0 Å². The maximum atomic E-state index is 13.2. The molecule has 4 rings (SSSR count). The number of rotatable bonds is 8. The summed E-state index contributed by atoms with van der Waals surface area (Å²) in [4.78, 5) is 12.8. The Hall–Kier alpha value is -3.42. The van der Waals surface area contributed by atoms with Crippen molar-refractivity contribution in [2.24, 2.45) is 0 Å². The normalized spacial score (nSPS) is 14.7. The third-order valence-corrected chi connectivity index (χ3v) is 7.98. The number of para-hydroxylation sites is 1. The van der Waals surface area contributed by atoms with Gasteiger partial charge in [0.1, 0.15) is 10.6 Å². The number of hydrogen-bond donors (Lipinski definition) is 1. The quantitative estimate of drug-likeness (QED) is 0.445. The van der Waals surface area contributed by atoms with Crippen molar-refractivity contribution in [3.63, 3.8) is 0 Å². The molecule has 1 heterocycles. The zero-order valence-corrected chi connectivity index (χ0v) is 20.6. The molecule has 1 aliphatic heterocycles. The van der Waals surface area contributed by atoms with E-state index in [0.717, 1.165) is 36.1 Å². The van der Waals surface area contributed by atoms with Crippen LogP contribution in [-0.2, 0) is 21.2 Å². The monoisotopic (exact) mass is 490 g/mol. The van der Waals surface area contributed by atoms with Gasteiger partial charge in [-0.15, -0.1) is 0 Å². The first kappa shape index (κ1) is 24.7. The summed E-state index contributed by atoms with van der Waals surface area (Å²) in [5.41, 5.74) is 3.52. The van der Waals surface area contributed by atoms with Crippen molar-refractivity contribution in [1.82, 2.24) is 4.31 Å². The fourth-order valence-electron chi connectivity index (χ4n) is 4.20. The minimum absolute atomic E-state index is 0.123. The zero-order chi connectivity index (χ0) is 24.7. The summed E-state index contributed by atoms with van der Waals surface area (Å²) in [6.45, 7) is 1.02. The number of ether oxygens (including phenoxy) is 1. The SMILES string of the molecule is COc1ccc(/C=C/C(=O)Nc2ccccc2Cc2ccccc2)cc1S(=O)(=O)N1CCCCC1. The number of methoxy groups -OCH3 is 1. The molecule has 0 unspecified atom stereocenters. The standard InChI is InChI=1S/C28H30N2O4S/c1-34-26-16-14-23(21-27(26)35(32,33)30-18-8-3-9-19-30)15-17-28(31)29-25-13-7-6-12-24(25)20-22-10-4-2-5-11-22/h2,4-7,10-17,21H,3,8-9,18-20H2,1H3,(H,29,31)/b17-15+. The number of carbonyl (C=O) groups excluding carboxylic acids is 1. The summed E-state index contributed by atoms with van der Waals surface area (Å²) in [7, 11) is -2.22. The number of piperidine rings is 1. The van der Waals surface area contributed by atoms with Gasteiger partial charge in [0.25, 0.3) is 0 Å². The van der Waals surface area contributed by atoms with Gasteiger partial charge < -0.3 is 10.1 Å². The van der Waals surface area contributed by atoms with E-state index in [-0.39, 0.29) is 10.8 Å². The van der Waals surface area contributed by atoms with E-state index in [1.54, 1.807) is 24.3 Å². The lowest BCUT2D eigenvalue weighted by Gasteiger charge is -2.26. The predicted octanol–water partition coefficient (Wildman–Crippen LogP) is 5.11. The Morgan fingerprint density at radius 1 is 0.971 bits per heavy atom. The van der Waals surface area contributed by atoms with Crippen molar-refractivity contribution in [2.45, 2.75) is 30.6 Å². The molecule has 1 amide bonds. The summed E-state index contributed by atoms with van der Waals surface area (Å²) in [5.74, 6) is 0.00813. The van der Waals surface area contributed by atoms with Crippen molar-refractivity contribution in [2.75, 3.05) is 25.5 Å². The fourth-order valence-corrected chi connectivity index (χ4v) is 5.91. The Balaban J connectivity index is 1.51. The van der Waals surface area contributed by atoms with Crippen LogP contribution in [0, 0.1) is 0 Å². The van der Waals surface area contributed by atoms with E-state index < -0.39 is 10.0 Å². The van der Waals surface area contributed by atoms with Crippen molar-refractivity contribution >= 4 is 27.7 Å². The first-order valence-corrected chi connectivity index (χ1v) is 13.2. The summed E-state index contributed by atoms with van der Waals surface area (Å²) < 4.78 is 33.3. The molecule has 182 valence electrons. The number of nitrogens with zero attached hydrogens (tertiary/aromatic N) is 1. The Kier molecular flexibility index (Phi) is 8.00.